The molecule has 0 saturated heterocycles. The normalized spacial score (nSPS) is 11.8. The summed E-state index contributed by atoms with van der Waals surface area (Å²) in [6, 6.07) is 9.23. The molecule has 0 aliphatic rings. The zero-order valence-corrected chi connectivity index (χ0v) is 12.3. The zero-order valence-electron chi connectivity index (χ0n) is 11.5. The molecule has 0 radical (unpaired) electrons. The lowest BCUT2D eigenvalue weighted by atomic mass is 10.3. The molecule has 0 amide bonds. The Bertz CT molecular complexity index is 700. The number of nitrogens with zero attached hydrogens (tertiary/aromatic N) is 2. The maximum atomic E-state index is 13.8. The number of hydrogen-bond donors (Lipinski definition) is 1. The van der Waals surface area contributed by atoms with Crippen molar-refractivity contribution in [2.75, 3.05) is 19.3 Å². The Kier molecular flexibility index (Phi) is 4.54. The van der Waals surface area contributed by atoms with Gasteiger partial charge < -0.3 is 5.73 Å². The molecule has 2 rings (SSSR count). The molecule has 7 heteroatoms. The van der Waals surface area contributed by atoms with Crippen LogP contribution >= 0.6 is 0 Å². The number of anilines is 1. The van der Waals surface area contributed by atoms with Crippen molar-refractivity contribution < 1.29 is 12.8 Å². The molecule has 112 valence electrons. The molecule has 0 aliphatic carbocycles. The second-order valence-electron chi connectivity index (χ2n) is 4.56. The summed E-state index contributed by atoms with van der Waals surface area (Å²) in [5, 5.41) is 0. The van der Waals surface area contributed by atoms with E-state index < -0.39 is 20.7 Å². The van der Waals surface area contributed by atoms with Crippen molar-refractivity contribution in [1.29, 1.82) is 0 Å². The second kappa shape index (κ2) is 6.19. The second-order valence-corrected chi connectivity index (χ2v) is 6.54. The van der Waals surface area contributed by atoms with Crippen LogP contribution in [0, 0.1) is 5.82 Å². The van der Waals surface area contributed by atoms with Crippen molar-refractivity contribution >= 4 is 15.7 Å². The Morgan fingerprint density at radius 2 is 2.00 bits per heavy atom. The Morgan fingerprint density at radius 1 is 1.24 bits per heavy atom. The highest BCUT2D eigenvalue weighted by molar-refractivity contribution is 7.89. The third-order valence-corrected chi connectivity index (χ3v) is 5.02. The maximum absolute atomic E-state index is 13.8. The van der Waals surface area contributed by atoms with Gasteiger partial charge in [-0.2, -0.15) is 0 Å². The third kappa shape index (κ3) is 3.37. The summed E-state index contributed by atoms with van der Waals surface area (Å²) < 4.78 is 39.6. The topological polar surface area (TPSA) is 76.3 Å². The van der Waals surface area contributed by atoms with Crippen LogP contribution in [0.2, 0.25) is 0 Å². The summed E-state index contributed by atoms with van der Waals surface area (Å²) in [6.45, 7) is 0.188. The van der Waals surface area contributed by atoms with E-state index in [1.165, 1.54) is 19.2 Å². The van der Waals surface area contributed by atoms with Gasteiger partial charge >= 0.3 is 0 Å². The van der Waals surface area contributed by atoms with Gasteiger partial charge in [0.15, 0.2) is 0 Å². The van der Waals surface area contributed by atoms with Gasteiger partial charge in [0.1, 0.15) is 10.7 Å². The quantitative estimate of drug-likeness (QED) is 0.852. The fourth-order valence-electron chi connectivity index (χ4n) is 1.89. The predicted octanol–water partition coefficient (Wildman–Crippen LogP) is 1.67. The van der Waals surface area contributed by atoms with Crippen LogP contribution in [0.3, 0.4) is 0 Å². The van der Waals surface area contributed by atoms with Gasteiger partial charge in [-0.15, -0.1) is 0 Å². The number of pyridine rings is 1. The summed E-state index contributed by atoms with van der Waals surface area (Å²) in [5.74, 6) is -0.848. The molecule has 21 heavy (non-hydrogen) atoms. The summed E-state index contributed by atoms with van der Waals surface area (Å²) in [4.78, 5) is 3.64. The van der Waals surface area contributed by atoms with E-state index in [4.69, 9.17) is 5.73 Å². The van der Waals surface area contributed by atoms with Gasteiger partial charge in [0.25, 0.3) is 0 Å². The van der Waals surface area contributed by atoms with E-state index in [-0.39, 0.29) is 12.2 Å². The molecule has 0 saturated carbocycles. The van der Waals surface area contributed by atoms with Gasteiger partial charge in [-0.25, -0.2) is 17.1 Å². The van der Waals surface area contributed by atoms with Gasteiger partial charge in [0, 0.05) is 31.9 Å². The van der Waals surface area contributed by atoms with E-state index in [0.717, 1.165) is 16.1 Å². The fraction of sp³-hybridized carbons (Fsp3) is 0.214. The summed E-state index contributed by atoms with van der Waals surface area (Å²) >= 11 is 0. The minimum atomic E-state index is -3.96. The summed E-state index contributed by atoms with van der Waals surface area (Å²) in [6.07, 6.45) is 2.07. The first-order valence-electron chi connectivity index (χ1n) is 6.33. The molecule has 2 N–H and O–H groups in total. The molecule has 0 bridgehead atoms. The van der Waals surface area contributed by atoms with Crippen LogP contribution in [0.4, 0.5) is 10.1 Å². The predicted molar refractivity (Wildman–Crippen MR) is 78.6 cm³/mol. The van der Waals surface area contributed by atoms with Crippen molar-refractivity contribution in [2.45, 2.75) is 11.3 Å². The zero-order chi connectivity index (χ0) is 15.5. The minimum Gasteiger partial charge on any atom is -0.398 e. The van der Waals surface area contributed by atoms with E-state index in [2.05, 4.69) is 4.98 Å². The van der Waals surface area contributed by atoms with Crippen LogP contribution in [-0.2, 0) is 16.4 Å². The van der Waals surface area contributed by atoms with E-state index in [1.807, 2.05) is 6.07 Å². The number of likely N-dealkylation sites (N-methyl/N-ethyl adjacent to an activating group) is 1. The number of hydrogen-bond acceptors (Lipinski definition) is 4. The van der Waals surface area contributed by atoms with Gasteiger partial charge in [-0.05, 0) is 24.3 Å². The molecular weight excluding hydrogens is 293 g/mol. The molecule has 0 spiro atoms. The fourth-order valence-corrected chi connectivity index (χ4v) is 3.22. The van der Waals surface area contributed by atoms with Crippen LogP contribution in [0.25, 0.3) is 0 Å². The first-order chi connectivity index (χ1) is 9.93. The lowest BCUT2D eigenvalue weighted by Crippen LogP contribution is -2.30. The van der Waals surface area contributed by atoms with Crippen LogP contribution < -0.4 is 5.73 Å². The Labute approximate surface area is 123 Å². The van der Waals surface area contributed by atoms with Gasteiger partial charge in [0.2, 0.25) is 10.0 Å². The van der Waals surface area contributed by atoms with Crippen LogP contribution in [0.5, 0.6) is 0 Å². The maximum Gasteiger partial charge on any atom is 0.247 e. The monoisotopic (exact) mass is 309 g/mol. The number of benzene rings is 1. The smallest absolute Gasteiger partial charge is 0.247 e. The number of nitrogens with two attached hydrogens (primary N) is 1. The Balaban J connectivity index is 2.19. The van der Waals surface area contributed by atoms with Gasteiger partial charge in [0.05, 0.1) is 5.69 Å². The highest BCUT2D eigenvalue weighted by Crippen LogP contribution is 2.24. The SMILES string of the molecule is CN(CCc1ccccn1)S(=O)(=O)c1c(N)cccc1F. The molecule has 1 aromatic heterocycles. The first-order valence-corrected chi connectivity index (χ1v) is 7.77. The number of nitrogen functional groups attached to an aromatic ring is 1. The number of rotatable bonds is 5. The van der Waals surface area contributed by atoms with Crippen LogP contribution in [0.15, 0.2) is 47.5 Å². The van der Waals surface area contributed by atoms with Crippen molar-refractivity contribution in [3.8, 4) is 0 Å². The minimum absolute atomic E-state index is 0.0975. The molecule has 0 atom stereocenters. The van der Waals surface area contributed by atoms with Crippen molar-refractivity contribution in [1.82, 2.24) is 9.29 Å². The molecule has 0 unspecified atom stereocenters. The average Bonchev–Trinajstić information content (AvgIpc) is 2.45. The summed E-state index contributed by atoms with van der Waals surface area (Å²) in [7, 11) is -2.57. The molecular formula is C14H16FN3O2S. The van der Waals surface area contributed by atoms with E-state index in [0.29, 0.717) is 6.42 Å². The highest BCUT2D eigenvalue weighted by atomic mass is 32.2. The van der Waals surface area contributed by atoms with E-state index in [9.17, 15) is 12.8 Å². The molecule has 0 fully saturated rings. The molecule has 5 nitrogen and oxygen atoms in total. The van der Waals surface area contributed by atoms with E-state index in [1.54, 1.807) is 18.3 Å². The van der Waals surface area contributed by atoms with Crippen molar-refractivity contribution in [2.24, 2.45) is 0 Å². The highest BCUT2D eigenvalue weighted by Gasteiger charge is 2.26. The number of halogens is 1. The number of sulfonamides is 1. The van der Waals surface area contributed by atoms with Crippen LogP contribution in [0.1, 0.15) is 5.69 Å². The molecule has 2 aromatic rings. The average molecular weight is 309 g/mol. The largest absolute Gasteiger partial charge is 0.398 e. The molecule has 1 heterocycles. The lowest BCUT2D eigenvalue weighted by Gasteiger charge is -2.18. The van der Waals surface area contributed by atoms with E-state index >= 15 is 0 Å². The third-order valence-electron chi connectivity index (χ3n) is 3.07. The Morgan fingerprint density at radius 3 is 2.62 bits per heavy atom. The van der Waals surface area contributed by atoms with Crippen molar-refractivity contribution in [3.05, 3.63) is 54.1 Å². The van der Waals surface area contributed by atoms with Crippen LogP contribution in [-0.4, -0.2) is 31.3 Å². The Hall–Kier alpha value is -1.99. The summed E-state index contributed by atoms with van der Waals surface area (Å²) in [5.41, 5.74) is 6.26. The van der Waals surface area contributed by atoms with Gasteiger partial charge in [-0.3, -0.25) is 4.98 Å². The van der Waals surface area contributed by atoms with Crippen molar-refractivity contribution in [3.63, 3.8) is 0 Å². The molecule has 1 aromatic carbocycles. The molecule has 0 aliphatic heterocycles. The van der Waals surface area contributed by atoms with Gasteiger partial charge in [-0.1, -0.05) is 12.1 Å². The standard InChI is InChI=1S/C14H16FN3O2S/c1-18(10-8-11-5-2-3-9-17-11)21(19,20)14-12(15)6-4-7-13(14)16/h2-7,9H,8,10,16H2,1H3. The lowest BCUT2D eigenvalue weighted by molar-refractivity contribution is 0.464. The first kappa shape index (κ1) is 15.4. The number of aromatic nitrogens is 1.